The summed E-state index contributed by atoms with van der Waals surface area (Å²) in [5, 5.41) is 12.0. The molecular weight excluding hydrogens is 330 g/mol. The van der Waals surface area contributed by atoms with Gasteiger partial charge in [-0.1, -0.05) is 22.9 Å². The number of sulfonamides is 1. The van der Waals surface area contributed by atoms with Gasteiger partial charge in [0.25, 0.3) is 0 Å². The number of halogens is 1. The summed E-state index contributed by atoms with van der Waals surface area (Å²) in [7, 11) is -3.60. The first-order valence-electron chi connectivity index (χ1n) is 5.82. The summed E-state index contributed by atoms with van der Waals surface area (Å²) >= 11 is 3.20. The Morgan fingerprint density at radius 3 is 2.68 bits per heavy atom. The molecule has 0 bridgehead atoms. The lowest BCUT2D eigenvalue weighted by Crippen LogP contribution is -2.38. The van der Waals surface area contributed by atoms with Gasteiger partial charge in [-0.2, -0.15) is 5.26 Å². The molecule has 0 radical (unpaired) electrons. The van der Waals surface area contributed by atoms with Gasteiger partial charge in [-0.3, -0.25) is 0 Å². The molecule has 7 heteroatoms. The highest BCUT2D eigenvalue weighted by Crippen LogP contribution is 2.19. The summed E-state index contributed by atoms with van der Waals surface area (Å²) < 4.78 is 27.3. The first-order chi connectivity index (χ1) is 8.89. The normalized spacial score (nSPS) is 12.9. The van der Waals surface area contributed by atoms with E-state index < -0.39 is 10.0 Å². The summed E-state index contributed by atoms with van der Waals surface area (Å²) in [6.07, 6.45) is 0. The number of nitriles is 1. The van der Waals surface area contributed by atoms with Gasteiger partial charge in [0.05, 0.1) is 16.5 Å². The van der Waals surface area contributed by atoms with E-state index in [0.29, 0.717) is 16.6 Å². The Hall–Kier alpha value is -0.940. The summed E-state index contributed by atoms with van der Waals surface area (Å²) in [6, 6.07) is 6.37. The maximum atomic E-state index is 12.1. The van der Waals surface area contributed by atoms with Crippen LogP contribution in [0.15, 0.2) is 27.6 Å². The van der Waals surface area contributed by atoms with E-state index in [-0.39, 0.29) is 10.9 Å². The van der Waals surface area contributed by atoms with E-state index in [9.17, 15) is 8.42 Å². The average molecular weight is 346 g/mol. The molecule has 5 nitrogen and oxygen atoms in total. The Bertz CT molecular complexity index is 581. The lowest BCUT2D eigenvalue weighted by Gasteiger charge is -2.13. The molecule has 2 N–H and O–H groups in total. The van der Waals surface area contributed by atoms with Gasteiger partial charge in [0.1, 0.15) is 0 Å². The van der Waals surface area contributed by atoms with Crippen LogP contribution in [0.25, 0.3) is 0 Å². The van der Waals surface area contributed by atoms with E-state index in [0.717, 1.165) is 6.54 Å². The van der Waals surface area contributed by atoms with Crippen LogP contribution in [-0.2, 0) is 10.0 Å². The second-order valence-corrected chi connectivity index (χ2v) is 6.78. The SMILES string of the molecule is CCN[C@H](C)CNS(=O)(=O)c1cc(Br)cc(C#N)c1. The third kappa shape index (κ3) is 4.91. The van der Waals surface area contributed by atoms with Gasteiger partial charge < -0.3 is 5.32 Å². The number of benzene rings is 1. The first kappa shape index (κ1) is 16.1. The zero-order chi connectivity index (χ0) is 14.5. The van der Waals surface area contributed by atoms with Crippen LogP contribution < -0.4 is 10.0 Å². The van der Waals surface area contributed by atoms with Crippen LogP contribution in [0.4, 0.5) is 0 Å². The molecule has 0 heterocycles. The van der Waals surface area contributed by atoms with Gasteiger partial charge >= 0.3 is 0 Å². The number of hydrogen-bond acceptors (Lipinski definition) is 4. The van der Waals surface area contributed by atoms with Gasteiger partial charge in [0, 0.05) is 17.1 Å². The molecule has 0 aliphatic rings. The van der Waals surface area contributed by atoms with Crippen LogP contribution >= 0.6 is 15.9 Å². The lowest BCUT2D eigenvalue weighted by molar-refractivity contribution is 0.536. The van der Waals surface area contributed by atoms with Gasteiger partial charge in [0.2, 0.25) is 10.0 Å². The molecule has 1 rings (SSSR count). The molecule has 0 aliphatic heterocycles. The molecule has 0 unspecified atom stereocenters. The molecule has 0 aliphatic carbocycles. The Labute approximate surface area is 122 Å². The van der Waals surface area contributed by atoms with Crippen molar-refractivity contribution >= 4 is 26.0 Å². The fraction of sp³-hybridized carbons (Fsp3) is 0.417. The van der Waals surface area contributed by atoms with Crippen molar-refractivity contribution in [3.8, 4) is 6.07 Å². The quantitative estimate of drug-likeness (QED) is 0.820. The zero-order valence-electron chi connectivity index (χ0n) is 10.8. The highest BCUT2D eigenvalue weighted by molar-refractivity contribution is 9.10. The lowest BCUT2D eigenvalue weighted by atomic mass is 10.2. The van der Waals surface area contributed by atoms with E-state index in [2.05, 4.69) is 26.0 Å². The van der Waals surface area contributed by atoms with Gasteiger partial charge in [-0.15, -0.1) is 0 Å². The molecule has 0 amide bonds. The third-order valence-electron chi connectivity index (χ3n) is 2.44. The van der Waals surface area contributed by atoms with Crippen molar-refractivity contribution in [2.75, 3.05) is 13.1 Å². The van der Waals surface area contributed by atoms with Crippen LogP contribution in [0.2, 0.25) is 0 Å². The molecule has 0 aromatic heterocycles. The molecule has 19 heavy (non-hydrogen) atoms. The molecular formula is C12H16BrN3O2S. The largest absolute Gasteiger partial charge is 0.313 e. The second-order valence-electron chi connectivity index (χ2n) is 4.10. The molecule has 0 spiro atoms. The van der Waals surface area contributed by atoms with E-state index in [4.69, 9.17) is 5.26 Å². The Morgan fingerprint density at radius 2 is 2.11 bits per heavy atom. The molecule has 0 saturated carbocycles. The van der Waals surface area contributed by atoms with Crippen molar-refractivity contribution in [1.82, 2.24) is 10.0 Å². The highest BCUT2D eigenvalue weighted by Gasteiger charge is 2.16. The minimum absolute atomic E-state index is 0.0439. The highest BCUT2D eigenvalue weighted by atomic mass is 79.9. The van der Waals surface area contributed by atoms with Gasteiger partial charge in [0.15, 0.2) is 0 Å². The number of likely N-dealkylation sites (N-methyl/N-ethyl adjacent to an activating group) is 1. The Kier molecular flexibility index (Phi) is 5.94. The Balaban J connectivity index is 2.89. The van der Waals surface area contributed by atoms with Crippen molar-refractivity contribution in [3.05, 3.63) is 28.2 Å². The smallest absolute Gasteiger partial charge is 0.240 e. The number of nitrogens with zero attached hydrogens (tertiary/aromatic N) is 1. The van der Waals surface area contributed by atoms with Crippen LogP contribution in [0, 0.1) is 11.3 Å². The van der Waals surface area contributed by atoms with Gasteiger partial charge in [-0.25, -0.2) is 13.1 Å². The maximum absolute atomic E-state index is 12.1. The van der Waals surface area contributed by atoms with E-state index in [1.807, 2.05) is 19.9 Å². The number of rotatable bonds is 6. The van der Waals surface area contributed by atoms with E-state index in [1.54, 1.807) is 6.07 Å². The van der Waals surface area contributed by atoms with Crippen LogP contribution in [0.3, 0.4) is 0 Å². The predicted octanol–water partition coefficient (Wildman–Crippen LogP) is 1.60. The van der Waals surface area contributed by atoms with Crippen molar-refractivity contribution in [2.45, 2.75) is 24.8 Å². The zero-order valence-corrected chi connectivity index (χ0v) is 13.2. The van der Waals surface area contributed by atoms with Crippen LogP contribution in [-0.4, -0.2) is 27.5 Å². The minimum atomic E-state index is -3.60. The average Bonchev–Trinajstić information content (AvgIpc) is 2.36. The topological polar surface area (TPSA) is 82.0 Å². The Morgan fingerprint density at radius 1 is 1.42 bits per heavy atom. The van der Waals surface area contributed by atoms with Gasteiger partial charge in [-0.05, 0) is 31.7 Å². The van der Waals surface area contributed by atoms with E-state index >= 15 is 0 Å². The maximum Gasteiger partial charge on any atom is 0.240 e. The first-order valence-corrected chi connectivity index (χ1v) is 8.10. The summed E-state index contributed by atoms with van der Waals surface area (Å²) in [5.41, 5.74) is 0.300. The molecule has 1 aromatic rings. The minimum Gasteiger partial charge on any atom is -0.313 e. The standard InChI is InChI=1S/C12H16BrN3O2S/c1-3-15-9(2)8-16-19(17,18)12-5-10(7-14)4-11(13)6-12/h4-6,9,15-16H,3,8H2,1-2H3/t9-/m1/s1. The van der Waals surface area contributed by atoms with Crippen LogP contribution in [0.5, 0.6) is 0 Å². The fourth-order valence-corrected chi connectivity index (χ4v) is 3.37. The summed E-state index contributed by atoms with van der Waals surface area (Å²) in [5.74, 6) is 0. The molecule has 1 aromatic carbocycles. The summed E-state index contributed by atoms with van der Waals surface area (Å²) in [4.78, 5) is 0.0853. The van der Waals surface area contributed by atoms with E-state index in [1.165, 1.54) is 12.1 Å². The molecule has 0 saturated heterocycles. The molecule has 1 atom stereocenters. The third-order valence-corrected chi connectivity index (χ3v) is 4.30. The molecule has 104 valence electrons. The van der Waals surface area contributed by atoms with Crippen molar-refractivity contribution in [1.29, 1.82) is 5.26 Å². The van der Waals surface area contributed by atoms with Crippen molar-refractivity contribution in [2.24, 2.45) is 0 Å². The van der Waals surface area contributed by atoms with Crippen molar-refractivity contribution in [3.63, 3.8) is 0 Å². The summed E-state index contributed by atoms with van der Waals surface area (Å²) in [6.45, 7) is 4.93. The monoisotopic (exact) mass is 345 g/mol. The number of hydrogen-bond donors (Lipinski definition) is 2. The second kappa shape index (κ2) is 7.01. The van der Waals surface area contributed by atoms with Crippen molar-refractivity contribution < 1.29 is 8.42 Å². The van der Waals surface area contributed by atoms with Crippen LogP contribution in [0.1, 0.15) is 19.4 Å². The number of nitrogens with one attached hydrogen (secondary N) is 2. The predicted molar refractivity (Wildman–Crippen MR) is 77.2 cm³/mol. The molecule has 0 fully saturated rings. The fourth-order valence-electron chi connectivity index (χ4n) is 1.52.